The fraction of sp³-hybridized carbons (Fsp3) is 0.750. The first kappa shape index (κ1) is 13.1. The number of nitrogens with one attached hydrogen (secondary N) is 1. The fourth-order valence-electron chi connectivity index (χ4n) is 0.862. The Morgan fingerprint density at radius 2 is 2.14 bits per heavy atom. The molecule has 0 fully saturated rings. The first-order chi connectivity index (χ1) is 6.61. The molecule has 0 rings (SSSR count). The van der Waals surface area contributed by atoms with Crippen LogP contribution in [0, 0.1) is 0 Å². The lowest BCUT2D eigenvalue weighted by atomic mass is 10.5. The maximum atomic E-state index is 11.3. The van der Waals surface area contributed by atoms with Crippen LogP contribution in [0.1, 0.15) is 6.92 Å². The van der Waals surface area contributed by atoms with Crippen molar-refractivity contribution in [3.63, 3.8) is 0 Å². The number of aliphatic carboxylic acids is 1. The number of nitrogens with zero attached hydrogens (tertiary/aromatic N) is 1. The first-order valence-electron chi connectivity index (χ1n) is 4.35. The number of carbonyl (C=O) groups excluding carboxylic acids is 1. The van der Waals surface area contributed by atoms with E-state index in [-0.39, 0.29) is 12.6 Å². The number of amides is 2. The summed E-state index contributed by atoms with van der Waals surface area (Å²) >= 11 is 1.63. The quantitative estimate of drug-likeness (QED) is 0.638. The van der Waals surface area contributed by atoms with E-state index in [1.807, 2.05) is 6.26 Å². The Balaban J connectivity index is 3.85. The van der Waals surface area contributed by atoms with Crippen LogP contribution in [-0.2, 0) is 4.79 Å². The zero-order chi connectivity index (χ0) is 11.0. The van der Waals surface area contributed by atoms with Gasteiger partial charge in [-0.15, -0.1) is 0 Å². The molecule has 0 heterocycles. The van der Waals surface area contributed by atoms with Crippen molar-refractivity contribution >= 4 is 23.8 Å². The average molecular weight is 220 g/mol. The van der Waals surface area contributed by atoms with Crippen LogP contribution < -0.4 is 5.32 Å². The van der Waals surface area contributed by atoms with Crippen molar-refractivity contribution in [1.82, 2.24) is 10.2 Å². The SMILES string of the molecule is CCN(CC(=O)O)C(=O)NCCSC. The summed E-state index contributed by atoms with van der Waals surface area (Å²) in [6.07, 6.45) is 1.95. The molecular formula is C8H16N2O3S. The summed E-state index contributed by atoms with van der Waals surface area (Å²) in [5, 5.41) is 11.2. The van der Waals surface area contributed by atoms with Crippen LogP contribution in [0.3, 0.4) is 0 Å². The maximum Gasteiger partial charge on any atom is 0.323 e. The van der Waals surface area contributed by atoms with Gasteiger partial charge in [0, 0.05) is 18.8 Å². The van der Waals surface area contributed by atoms with Crippen molar-refractivity contribution in [2.75, 3.05) is 31.6 Å². The van der Waals surface area contributed by atoms with Crippen LogP contribution in [0.2, 0.25) is 0 Å². The molecular weight excluding hydrogens is 204 g/mol. The second kappa shape index (κ2) is 7.49. The Morgan fingerprint density at radius 3 is 2.57 bits per heavy atom. The van der Waals surface area contributed by atoms with Crippen LogP contribution >= 0.6 is 11.8 Å². The number of carboxylic acid groups (broad SMARTS) is 1. The molecule has 6 heteroatoms. The van der Waals surface area contributed by atoms with Crippen molar-refractivity contribution in [2.45, 2.75) is 6.92 Å². The Morgan fingerprint density at radius 1 is 1.50 bits per heavy atom. The number of hydrogen-bond donors (Lipinski definition) is 2. The van der Waals surface area contributed by atoms with E-state index < -0.39 is 5.97 Å². The highest BCUT2D eigenvalue weighted by molar-refractivity contribution is 7.98. The van der Waals surface area contributed by atoms with Gasteiger partial charge in [0.2, 0.25) is 0 Å². The van der Waals surface area contributed by atoms with Crippen LogP contribution in [0.4, 0.5) is 4.79 Å². The molecule has 0 aliphatic rings. The van der Waals surface area contributed by atoms with E-state index in [0.717, 1.165) is 5.75 Å². The van der Waals surface area contributed by atoms with Gasteiger partial charge in [-0.1, -0.05) is 0 Å². The molecule has 0 saturated carbocycles. The second-order valence-electron chi connectivity index (χ2n) is 2.63. The lowest BCUT2D eigenvalue weighted by Gasteiger charge is -2.18. The smallest absolute Gasteiger partial charge is 0.323 e. The minimum Gasteiger partial charge on any atom is -0.480 e. The van der Waals surface area contributed by atoms with E-state index in [1.165, 1.54) is 4.90 Å². The molecule has 0 saturated heterocycles. The lowest BCUT2D eigenvalue weighted by molar-refractivity contribution is -0.137. The van der Waals surface area contributed by atoms with Crippen molar-refractivity contribution in [3.05, 3.63) is 0 Å². The van der Waals surface area contributed by atoms with Crippen LogP contribution in [0.5, 0.6) is 0 Å². The third-order valence-corrected chi connectivity index (χ3v) is 2.19. The number of hydrogen-bond acceptors (Lipinski definition) is 3. The Bertz CT molecular complexity index is 199. The van der Waals surface area contributed by atoms with Gasteiger partial charge in [0.05, 0.1) is 0 Å². The van der Waals surface area contributed by atoms with Gasteiger partial charge in [-0.3, -0.25) is 4.79 Å². The summed E-state index contributed by atoms with van der Waals surface area (Å²) in [5.74, 6) is -0.164. The number of likely N-dealkylation sites (N-methyl/N-ethyl adjacent to an activating group) is 1. The molecule has 0 aliphatic heterocycles. The summed E-state index contributed by atoms with van der Waals surface area (Å²) in [6.45, 7) is 2.46. The van der Waals surface area contributed by atoms with Gasteiger partial charge in [-0.2, -0.15) is 11.8 Å². The molecule has 0 aromatic carbocycles. The number of rotatable bonds is 6. The minimum absolute atomic E-state index is 0.248. The average Bonchev–Trinajstić information content (AvgIpc) is 2.14. The Hall–Kier alpha value is -0.910. The summed E-state index contributed by atoms with van der Waals surface area (Å²) < 4.78 is 0. The predicted molar refractivity (Wildman–Crippen MR) is 56.7 cm³/mol. The molecule has 0 aromatic rings. The molecule has 0 atom stereocenters. The zero-order valence-electron chi connectivity index (χ0n) is 8.45. The highest BCUT2D eigenvalue weighted by Crippen LogP contribution is 1.91. The van der Waals surface area contributed by atoms with E-state index in [9.17, 15) is 9.59 Å². The highest BCUT2D eigenvalue weighted by Gasteiger charge is 2.13. The van der Waals surface area contributed by atoms with Crippen molar-refractivity contribution in [2.24, 2.45) is 0 Å². The van der Waals surface area contributed by atoms with Crippen LogP contribution in [0.15, 0.2) is 0 Å². The Labute approximate surface area is 87.8 Å². The first-order valence-corrected chi connectivity index (χ1v) is 5.74. The molecule has 82 valence electrons. The second-order valence-corrected chi connectivity index (χ2v) is 3.62. The fourth-order valence-corrected chi connectivity index (χ4v) is 1.17. The topological polar surface area (TPSA) is 69.6 Å². The van der Waals surface area contributed by atoms with Crippen molar-refractivity contribution in [3.8, 4) is 0 Å². The lowest BCUT2D eigenvalue weighted by Crippen LogP contribution is -2.43. The molecule has 0 radical (unpaired) electrons. The molecule has 0 aromatic heterocycles. The summed E-state index contributed by atoms with van der Waals surface area (Å²) in [7, 11) is 0. The van der Waals surface area contributed by atoms with E-state index in [0.29, 0.717) is 13.1 Å². The molecule has 0 spiro atoms. The standard InChI is InChI=1S/C8H16N2O3S/c1-3-10(6-7(11)12)8(13)9-4-5-14-2/h3-6H2,1-2H3,(H,9,13)(H,11,12). The van der Waals surface area contributed by atoms with E-state index in [2.05, 4.69) is 5.32 Å². The number of thioether (sulfide) groups is 1. The number of urea groups is 1. The summed E-state index contributed by atoms with van der Waals surface area (Å²) in [6, 6.07) is -0.316. The normalized spacial score (nSPS) is 9.57. The molecule has 0 aliphatic carbocycles. The minimum atomic E-state index is -0.994. The van der Waals surface area contributed by atoms with E-state index in [1.54, 1.807) is 18.7 Å². The summed E-state index contributed by atoms with van der Waals surface area (Å²) in [4.78, 5) is 23.0. The molecule has 0 bridgehead atoms. The van der Waals surface area contributed by atoms with Gasteiger partial charge < -0.3 is 15.3 Å². The van der Waals surface area contributed by atoms with Gasteiger partial charge in [-0.25, -0.2) is 4.79 Å². The van der Waals surface area contributed by atoms with Crippen LogP contribution in [0.25, 0.3) is 0 Å². The van der Waals surface area contributed by atoms with Crippen molar-refractivity contribution < 1.29 is 14.7 Å². The van der Waals surface area contributed by atoms with Crippen LogP contribution in [-0.4, -0.2) is 53.6 Å². The molecule has 14 heavy (non-hydrogen) atoms. The number of carboxylic acids is 1. The van der Waals surface area contributed by atoms with E-state index in [4.69, 9.17) is 5.11 Å². The van der Waals surface area contributed by atoms with Crippen molar-refractivity contribution in [1.29, 1.82) is 0 Å². The molecule has 2 amide bonds. The van der Waals surface area contributed by atoms with Gasteiger partial charge in [0.25, 0.3) is 0 Å². The van der Waals surface area contributed by atoms with Gasteiger partial charge >= 0.3 is 12.0 Å². The molecule has 0 unspecified atom stereocenters. The predicted octanol–water partition coefficient (Wildman–Crippen LogP) is 0.466. The summed E-state index contributed by atoms with van der Waals surface area (Å²) in [5.41, 5.74) is 0. The zero-order valence-corrected chi connectivity index (χ0v) is 9.26. The van der Waals surface area contributed by atoms with Gasteiger partial charge in [0.15, 0.2) is 0 Å². The van der Waals surface area contributed by atoms with Gasteiger partial charge in [-0.05, 0) is 13.2 Å². The third kappa shape index (κ3) is 5.69. The largest absolute Gasteiger partial charge is 0.480 e. The van der Waals surface area contributed by atoms with Gasteiger partial charge in [0.1, 0.15) is 6.54 Å². The van der Waals surface area contributed by atoms with E-state index >= 15 is 0 Å². The third-order valence-electron chi connectivity index (χ3n) is 1.58. The molecule has 2 N–H and O–H groups in total. The molecule has 5 nitrogen and oxygen atoms in total. The number of carbonyl (C=O) groups is 2. The maximum absolute atomic E-state index is 11.3. The highest BCUT2D eigenvalue weighted by atomic mass is 32.2. The Kier molecular flexibility index (Phi) is 7.00. The monoisotopic (exact) mass is 220 g/mol.